The smallest absolute Gasteiger partial charge is 0.306 e. The predicted octanol–water partition coefficient (Wildman–Crippen LogP) is 3.87. The third-order valence-corrected chi connectivity index (χ3v) is 4.62. The summed E-state index contributed by atoms with van der Waals surface area (Å²) in [7, 11) is 0. The second kappa shape index (κ2) is 11.8. The first-order valence-corrected chi connectivity index (χ1v) is 10.5. The average molecular weight is 490 g/mol. The number of nitrogens with one attached hydrogen (secondary N) is 3. The molecule has 2 aromatic rings. The minimum absolute atomic E-state index is 0.0827. The molecule has 0 unspecified atom stereocenters. The Morgan fingerprint density at radius 1 is 0.871 bits per heavy atom. The quantitative estimate of drug-likeness (QED) is 0.462. The number of esters is 1. The molecule has 0 aromatic heterocycles. The molecule has 0 fully saturated rings. The van der Waals surface area contributed by atoms with E-state index < -0.39 is 18.5 Å². The molecule has 0 aliphatic heterocycles. The average Bonchev–Trinajstić information content (AvgIpc) is 2.73. The highest BCUT2D eigenvalue weighted by Gasteiger charge is 2.12. The van der Waals surface area contributed by atoms with Crippen molar-refractivity contribution in [2.75, 3.05) is 22.6 Å². The highest BCUT2D eigenvalue weighted by atomic mass is 79.9. The number of ether oxygens (including phenoxy) is 1. The van der Waals surface area contributed by atoms with E-state index in [1.54, 1.807) is 30.3 Å². The van der Waals surface area contributed by atoms with Gasteiger partial charge in [0.15, 0.2) is 6.61 Å². The minimum Gasteiger partial charge on any atom is -0.456 e. The molecule has 3 amide bonds. The number of carbonyl (C=O) groups is 4. The van der Waals surface area contributed by atoms with Crippen LogP contribution < -0.4 is 16.0 Å². The number of amides is 3. The second-order valence-electron chi connectivity index (χ2n) is 6.67. The molecule has 0 saturated heterocycles. The Labute approximate surface area is 188 Å². The summed E-state index contributed by atoms with van der Waals surface area (Å²) >= 11 is 3.38. The molecular weight excluding hydrogens is 466 g/mol. The zero-order chi connectivity index (χ0) is 22.8. The van der Waals surface area contributed by atoms with Crippen molar-refractivity contribution < 1.29 is 23.9 Å². The van der Waals surface area contributed by atoms with E-state index >= 15 is 0 Å². The number of aryl methyl sites for hydroxylation is 1. The fraction of sp³-hybridized carbons (Fsp3) is 0.273. The maximum atomic E-state index is 12.0. The first kappa shape index (κ1) is 24.1. The Morgan fingerprint density at radius 2 is 1.52 bits per heavy atom. The zero-order valence-corrected chi connectivity index (χ0v) is 18.9. The summed E-state index contributed by atoms with van der Waals surface area (Å²) in [6.45, 7) is 2.95. The van der Waals surface area contributed by atoms with Crippen molar-refractivity contribution in [1.82, 2.24) is 0 Å². The maximum absolute atomic E-state index is 12.0. The van der Waals surface area contributed by atoms with Crippen molar-refractivity contribution in [2.45, 2.75) is 33.1 Å². The van der Waals surface area contributed by atoms with Crippen LogP contribution in [0.25, 0.3) is 0 Å². The number of hydrogen-bond acceptors (Lipinski definition) is 5. The van der Waals surface area contributed by atoms with Crippen LogP contribution in [-0.4, -0.2) is 30.3 Å². The molecule has 0 atom stereocenters. The van der Waals surface area contributed by atoms with Crippen molar-refractivity contribution in [3.05, 3.63) is 52.5 Å². The van der Waals surface area contributed by atoms with Crippen LogP contribution in [0.5, 0.6) is 0 Å². The Bertz CT molecular complexity index is 960. The van der Waals surface area contributed by atoms with E-state index in [-0.39, 0.29) is 24.7 Å². The van der Waals surface area contributed by atoms with Crippen LogP contribution in [0.3, 0.4) is 0 Å². The first-order valence-electron chi connectivity index (χ1n) is 9.68. The fourth-order valence-corrected chi connectivity index (χ4v) is 3.07. The largest absolute Gasteiger partial charge is 0.456 e. The Balaban J connectivity index is 1.72. The van der Waals surface area contributed by atoms with Gasteiger partial charge in [0.1, 0.15) is 0 Å². The molecule has 3 N–H and O–H groups in total. The summed E-state index contributed by atoms with van der Waals surface area (Å²) in [5.41, 5.74) is 2.76. The monoisotopic (exact) mass is 489 g/mol. The number of halogens is 1. The third kappa shape index (κ3) is 8.59. The highest BCUT2D eigenvalue weighted by molar-refractivity contribution is 9.10. The lowest BCUT2D eigenvalue weighted by atomic mass is 10.1. The van der Waals surface area contributed by atoms with Crippen LogP contribution in [0.2, 0.25) is 0 Å². The Hall–Kier alpha value is -3.20. The molecule has 2 aromatic carbocycles. The van der Waals surface area contributed by atoms with E-state index in [0.29, 0.717) is 17.1 Å². The van der Waals surface area contributed by atoms with Gasteiger partial charge < -0.3 is 20.7 Å². The molecular formula is C22H24BrN3O5. The maximum Gasteiger partial charge on any atom is 0.306 e. The summed E-state index contributed by atoms with van der Waals surface area (Å²) in [5, 5.41) is 7.99. The van der Waals surface area contributed by atoms with Gasteiger partial charge in [0, 0.05) is 34.9 Å². The predicted molar refractivity (Wildman–Crippen MR) is 122 cm³/mol. The molecule has 0 saturated carbocycles. The summed E-state index contributed by atoms with van der Waals surface area (Å²) in [5.74, 6) is -1.64. The Kier molecular flexibility index (Phi) is 9.20. The topological polar surface area (TPSA) is 114 Å². The molecule has 0 bridgehead atoms. The van der Waals surface area contributed by atoms with Crippen LogP contribution in [-0.2, 0) is 30.3 Å². The Morgan fingerprint density at radius 3 is 2.13 bits per heavy atom. The lowest BCUT2D eigenvalue weighted by molar-refractivity contribution is -0.147. The van der Waals surface area contributed by atoms with E-state index in [1.165, 1.54) is 6.92 Å². The van der Waals surface area contributed by atoms with E-state index in [9.17, 15) is 19.2 Å². The molecule has 0 spiro atoms. The van der Waals surface area contributed by atoms with Crippen LogP contribution in [0.15, 0.2) is 46.9 Å². The lowest BCUT2D eigenvalue weighted by Gasteiger charge is -2.11. The minimum atomic E-state index is -0.641. The van der Waals surface area contributed by atoms with Gasteiger partial charge in [0.05, 0.1) is 6.42 Å². The van der Waals surface area contributed by atoms with Crippen molar-refractivity contribution in [3.8, 4) is 0 Å². The molecule has 0 heterocycles. The van der Waals surface area contributed by atoms with Crippen molar-refractivity contribution >= 4 is 56.7 Å². The summed E-state index contributed by atoms with van der Waals surface area (Å²) in [6, 6.07) is 12.1. The van der Waals surface area contributed by atoms with E-state index in [2.05, 4.69) is 31.9 Å². The first-order chi connectivity index (χ1) is 14.8. The third-order valence-electron chi connectivity index (χ3n) is 4.13. The van der Waals surface area contributed by atoms with Gasteiger partial charge in [-0.25, -0.2) is 0 Å². The van der Waals surface area contributed by atoms with Gasteiger partial charge in [0.2, 0.25) is 11.8 Å². The number of rotatable bonds is 9. The van der Waals surface area contributed by atoms with Crippen LogP contribution in [0, 0.1) is 0 Å². The number of hydrogen-bond donors (Lipinski definition) is 3. The molecule has 31 heavy (non-hydrogen) atoms. The van der Waals surface area contributed by atoms with Gasteiger partial charge in [-0.15, -0.1) is 0 Å². The van der Waals surface area contributed by atoms with Crippen molar-refractivity contribution in [3.63, 3.8) is 0 Å². The van der Waals surface area contributed by atoms with Gasteiger partial charge in [-0.05, 0) is 54.4 Å². The van der Waals surface area contributed by atoms with Gasteiger partial charge >= 0.3 is 5.97 Å². The second-order valence-corrected chi connectivity index (χ2v) is 7.59. The van der Waals surface area contributed by atoms with Gasteiger partial charge in [-0.1, -0.05) is 22.9 Å². The normalized spacial score (nSPS) is 10.2. The highest BCUT2D eigenvalue weighted by Crippen LogP contribution is 2.21. The van der Waals surface area contributed by atoms with Gasteiger partial charge in [-0.2, -0.15) is 0 Å². The standard InChI is InChI=1S/C22H24BrN3O5/c1-3-15-12-16(23)4-9-19(15)26-21(29)13-31-22(30)11-10-20(28)25-18-7-5-17(6-8-18)24-14(2)27/h4-9,12H,3,10-11,13H2,1-2H3,(H,24,27)(H,25,28)(H,26,29). The van der Waals surface area contributed by atoms with Gasteiger partial charge in [0.25, 0.3) is 5.91 Å². The molecule has 8 nitrogen and oxygen atoms in total. The van der Waals surface area contributed by atoms with Crippen LogP contribution in [0.4, 0.5) is 17.1 Å². The van der Waals surface area contributed by atoms with Gasteiger partial charge in [-0.3, -0.25) is 19.2 Å². The van der Waals surface area contributed by atoms with Crippen LogP contribution in [0.1, 0.15) is 32.3 Å². The number of anilines is 3. The van der Waals surface area contributed by atoms with Crippen molar-refractivity contribution in [1.29, 1.82) is 0 Å². The zero-order valence-electron chi connectivity index (χ0n) is 17.3. The molecule has 2 rings (SSSR count). The molecule has 0 radical (unpaired) electrons. The summed E-state index contributed by atoms with van der Waals surface area (Å²) in [6.07, 6.45) is 0.502. The lowest BCUT2D eigenvalue weighted by Crippen LogP contribution is -2.22. The molecule has 0 aliphatic rings. The fourth-order valence-electron chi connectivity index (χ4n) is 2.66. The summed E-state index contributed by atoms with van der Waals surface area (Å²) in [4.78, 5) is 46.9. The summed E-state index contributed by atoms with van der Waals surface area (Å²) < 4.78 is 5.86. The molecule has 9 heteroatoms. The number of carbonyl (C=O) groups excluding carboxylic acids is 4. The molecule has 0 aliphatic carbocycles. The van der Waals surface area contributed by atoms with Crippen LogP contribution >= 0.6 is 15.9 Å². The number of benzene rings is 2. The van der Waals surface area contributed by atoms with E-state index in [1.807, 2.05) is 19.1 Å². The van der Waals surface area contributed by atoms with E-state index in [4.69, 9.17) is 4.74 Å². The van der Waals surface area contributed by atoms with E-state index in [0.717, 1.165) is 16.5 Å². The molecule has 164 valence electrons. The SMILES string of the molecule is CCc1cc(Br)ccc1NC(=O)COC(=O)CCC(=O)Nc1ccc(NC(C)=O)cc1. The van der Waals surface area contributed by atoms with Crippen molar-refractivity contribution in [2.24, 2.45) is 0 Å².